The molecule has 0 radical (unpaired) electrons. The van der Waals surface area contributed by atoms with Crippen LogP contribution in [0, 0.1) is 11.8 Å². The molecule has 0 aliphatic carbocycles. The fourth-order valence-electron chi connectivity index (χ4n) is 2.30. The van der Waals surface area contributed by atoms with Gasteiger partial charge < -0.3 is 16.0 Å². The number of imidazole rings is 1. The number of pyridine rings is 1. The molecule has 1 atom stereocenters. The van der Waals surface area contributed by atoms with Crippen LogP contribution in [-0.4, -0.2) is 36.9 Å². The zero-order valence-electron chi connectivity index (χ0n) is 14.5. The molecule has 0 bridgehead atoms. The fourth-order valence-corrected chi connectivity index (χ4v) is 2.30. The summed E-state index contributed by atoms with van der Waals surface area (Å²) in [5.41, 5.74) is 4.65. The molecular formula is C17H14F3N7O. The molecule has 0 aromatic carbocycles. The minimum atomic E-state index is -4.70. The number of rotatable bonds is 3. The number of carbonyl (C=O) groups excluding carboxylic acids is 1. The van der Waals surface area contributed by atoms with Crippen LogP contribution < -0.4 is 11.1 Å². The number of carbonyl (C=O) groups is 1. The van der Waals surface area contributed by atoms with Gasteiger partial charge in [0, 0.05) is 24.9 Å². The Bertz CT molecular complexity index is 1050. The molecule has 0 saturated heterocycles. The van der Waals surface area contributed by atoms with Crippen molar-refractivity contribution in [3.05, 3.63) is 41.6 Å². The Balaban J connectivity index is 1.67. The van der Waals surface area contributed by atoms with Crippen LogP contribution in [0.2, 0.25) is 0 Å². The van der Waals surface area contributed by atoms with Gasteiger partial charge in [-0.3, -0.25) is 4.79 Å². The van der Waals surface area contributed by atoms with Crippen LogP contribution in [0.15, 0.2) is 24.5 Å². The van der Waals surface area contributed by atoms with Crippen molar-refractivity contribution in [1.29, 1.82) is 0 Å². The number of nitrogens with one attached hydrogen (secondary N) is 2. The van der Waals surface area contributed by atoms with Crippen molar-refractivity contribution in [3.63, 3.8) is 0 Å². The van der Waals surface area contributed by atoms with Crippen molar-refractivity contribution < 1.29 is 18.0 Å². The molecule has 0 spiro atoms. The van der Waals surface area contributed by atoms with Crippen LogP contribution in [0.5, 0.6) is 0 Å². The Kier molecular flexibility index (Phi) is 5.12. The maximum Gasteiger partial charge on any atom is 0.434 e. The third-order valence-corrected chi connectivity index (χ3v) is 3.56. The van der Waals surface area contributed by atoms with Crippen molar-refractivity contribution in [2.45, 2.75) is 25.6 Å². The molecule has 3 aromatic rings. The summed E-state index contributed by atoms with van der Waals surface area (Å²) in [6.45, 7) is 1.66. The van der Waals surface area contributed by atoms with Gasteiger partial charge in [0.1, 0.15) is 0 Å². The van der Waals surface area contributed by atoms with Gasteiger partial charge >= 0.3 is 6.18 Å². The van der Waals surface area contributed by atoms with Gasteiger partial charge in [-0.05, 0) is 19.1 Å². The lowest BCUT2D eigenvalue weighted by Gasteiger charge is -2.09. The summed E-state index contributed by atoms with van der Waals surface area (Å²) in [6, 6.07) is 3.00. The lowest BCUT2D eigenvalue weighted by atomic mass is 10.2. The number of fused-ring (bicyclic) bond motifs is 1. The first-order valence-electron chi connectivity index (χ1n) is 8.04. The minimum Gasteiger partial charge on any atom is -0.368 e. The first-order valence-corrected chi connectivity index (χ1v) is 8.04. The van der Waals surface area contributed by atoms with E-state index >= 15 is 0 Å². The third kappa shape index (κ3) is 4.35. The Morgan fingerprint density at radius 1 is 1.36 bits per heavy atom. The predicted molar refractivity (Wildman–Crippen MR) is 93.8 cm³/mol. The molecule has 0 aliphatic heterocycles. The Morgan fingerprint density at radius 3 is 2.86 bits per heavy atom. The number of nitrogen functional groups attached to an aromatic ring is 1. The van der Waals surface area contributed by atoms with Crippen molar-refractivity contribution in [2.75, 3.05) is 5.73 Å². The van der Waals surface area contributed by atoms with E-state index < -0.39 is 29.8 Å². The fraction of sp³-hybridized carbons (Fsp3) is 0.235. The second kappa shape index (κ2) is 7.51. The molecule has 3 rings (SSSR count). The van der Waals surface area contributed by atoms with Crippen molar-refractivity contribution >= 4 is 23.0 Å². The zero-order chi connectivity index (χ0) is 20.3. The van der Waals surface area contributed by atoms with Gasteiger partial charge in [-0.1, -0.05) is 11.8 Å². The summed E-state index contributed by atoms with van der Waals surface area (Å²) in [7, 11) is 0. The van der Waals surface area contributed by atoms with E-state index in [1.807, 2.05) is 0 Å². The molecule has 4 N–H and O–H groups in total. The van der Waals surface area contributed by atoms with Gasteiger partial charge in [0.05, 0.1) is 11.1 Å². The highest BCUT2D eigenvalue weighted by molar-refractivity contribution is 5.93. The number of nitrogens with two attached hydrogens (primary N) is 1. The summed E-state index contributed by atoms with van der Waals surface area (Å²) in [5, 5.41) is 2.66. The van der Waals surface area contributed by atoms with E-state index in [1.165, 1.54) is 0 Å². The number of nitrogens with zero attached hydrogens (tertiary/aromatic N) is 4. The summed E-state index contributed by atoms with van der Waals surface area (Å²) in [5.74, 6) is 4.09. The maximum absolute atomic E-state index is 13.0. The third-order valence-electron chi connectivity index (χ3n) is 3.56. The van der Waals surface area contributed by atoms with Crippen LogP contribution in [-0.2, 0) is 6.18 Å². The Labute approximate surface area is 156 Å². The molecule has 8 nitrogen and oxygen atoms in total. The number of hydrogen-bond acceptors (Lipinski definition) is 6. The quantitative estimate of drug-likeness (QED) is 0.588. The van der Waals surface area contributed by atoms with E-state index in [0.717, 1.165) is 6.20 Å². The summed E-state index contributed by atoms with van der Waals surface area (Å²) in [4.78, 5) is 29.9. The van der Waals surface area contributed by atoms with Gasteiger partial charge in [0.25, 0.3) is 5.91 Å². The number of aromatic nitrogens is 5. The number of halogens is 3. The normalized spacial score (nSPS) is 12.3. The highest BCUT2D eigenvalue weighted by atomic mass is 19.4. The zero-order valence-corrected chi connectivity index (χ0v) is 14.5. The summed E-state index contributed by atoms with van der Waals surface area (Å²) in [6.07, 6.45) is -2.12. The molecule has 3 aromatic heterocycles. The summed E-state index contributed by atoms with van der Waals surface area (Å²) >= 11 is 0. The molecule has 0 unspecified atom stereocenters. The monoisotopic (exact) mass is 389 g/mol. The van der Waals surface area contributed by atoms with Gasteiger partial charge in [0.15, 0.2) is 17.2 Å². The number of aromatic amines is 1. The van der Waals surface area contributed by atoms with Crippen LogP contribution in [0.25, 0.3) is 11.2 Å². The molecule has 0 fully saturated rings. The van der Waals surface area contributed by atoms with Gasteiger partial charge in [-0.25, -0.2) is 19.9 Å². The standard InChI is InChI=1S/C17H14F3N7O/c1-9(24-15(28)14-25-11-6-3-7-22-13(11)27-14)4-2-5-10-8-23-16(21)26-12(10)17(18,19)20/h3,6-9H,4H2,1H3,(H,24,28)(H2,21,23,26)(H,22,25,27)/t9-/m0/s1. The average Bonchev–Trinajstić information content (AvgIpc) is 3.06. The molecule has 0 aliphatic rings. The Hall–Kier alpha value is -3.68. The molecule has 1 amide bonds. The van der Waals surface area contributed by atoms with Gasteiger partial charge in [0.2, 0.25) is 5.95 Å². The van der Waals surface area contributed by atoms with E-state index in [2.05, 4.69) is 42.1 Å². The number of anilines is 1. The first-order chi connectivity index (χ1) is 13.2. The topological polar surface area (TPSA) is 122 Å². The van der Waals surface area contributed by atoms with Crippen molar-refractivity contribution in [1.82, 2.24) is 30.2 Å². The largest absolute Gasteiger partial charge is 0.434 e. The SMILES string of the molecule is C[C@@H](CC#Cc1cnc(N)nc1C(F)(F)F)NC(=O)c1nc2ncccc2[nH]1. The van der Waals surface area contributed by atoms with Crippen LogP contribution in [0.3, 0.4) is 0 Å². The smallest absolute Gasteiger partial charge is 0.368 e. The lowest BCUT2D eigenvalue weighted by Crippen LogP contribution is -2.32. The van der Waals surface area contributed by atoms with E-state index in [1.54, 1.807) is 25.3 Å². The molecule has 11 heteroatoms. The molecule has 144 valence electrons. The highest BCUT2D eigenvalue weighted by Crippen LogP contribution is 2.30. The second-order valence-electron chi connectivity index (χ2n) is 5.83. The highest BCUT2D eigenvalue weighted by Gasteiger charge is 2.35. The Morgan fingerprint density at radius 2 is 2.14 bits per heavy atom. The molecule has 3 heterocycles. The van der Waals surface area contributed by atoms with Crippen LogP contribution in [0.1, 0.15) is 35.2 Å². The molecule has 28 heavy (non-hydrogen) atoms. The first kappa shape index (κ1) is 19.1. The van der Waals surface area contributed by atoms with E-state index in [4.69, 9.17) is 5.73 Å². The van der Waals surface area contributed by atoms with Crippen LogP contribution in [0.4, 0.5) is 19.1 Å². The second-order valence-corrected chi connectivity index (χ2v) is 5.83. The van der Waals surface area contributed by atoms with E-state index in [-0.39, 0.29) is 17.8 Å². The molecule has 0 saturated carbocycles. The average molecular weight is 389 g/mol. The van der Waals surface area contributed by atoms with Crippen molar-refractivity contribution in [3.8, 4) is 11.8 Å². The number of H-pyrrole nitrogens is 1. The minimum absolute atomic E-state index is 0.0831. The number of hydrogen-bond donors (Lipinski definition) is 3. The number of alkyl halides is 3. The predicted octanol–water partition coefficient (Wildman–Crippen LogP) is 1.91. The van der Waals surface area contributed by atoms with Gasteiger partial charge in [-0.15, -0.1) is 0 Å². The summed E-state index contributed by atoms with van der Waals surface area (Å²) < 4.78 is 38.9. The van der Waals surface area contributed by atoms with E-state index in [9.17, 15) is 18.0 Å². The van der Waals surface area contributed by atoms with Crippen molar-refractivity contribution in [2.24, 2.45) is 0 Å². The van der Waals surface area contributed by atoms with E-state index in [0.29, 0.717) is 11.2 Å². The number of amides is 1. The lowest BCUT2D eigenvalue weighted by molar-refractivity contribution is -0.141. The molecular weight excluding hydrogens is 375 g/mol. The maximum atomic E-state index is 13.0. The van der Waals surface area contributed by atoms with Gasteiger partial charge in [-0.2, -0.15) is 13.2 Å². The van der Waals surface area contributed by atoms with Crippen LogP contribution >= 0.6 is 0 Å².